The maximum atomic E-state index is 13.5. The molecule has 0 radical (unpaired) electrons. The molecule has 0 N–H and O–H groups in total. The van der Waals surface area contributed by atoms with E-state index in [0.29, 0.717) is 18.7 Å². The summed E-state index contributed by atoms with van der Waals surface area (Å²) in [5.74, 6) is 0.541. The number of fused-ring (bicyclic) bond motifs is 1. The Balaban J connectivity index is 1.51. The Bertz CT molecular complexity index is 1090. The molecule has 1 aliphatic heterocycles. The smallest absolute Gasteiger partial charge is 0.337 e. The summed E-state index contributed by atoms with van der Waals surface area (Å²) in [5, 5.41) is 0. The lowest BCUT2D eigenvalue weighted by atomic mass is 10.1. The summed E-state index contributed by atoms with van der Waals surface area (Å²) in [4.78, 5) is 30.3. The molecule has 0 saturated heterocycles. The molecule has 0 unspecified atom stereocenters. The molecule has 0 fully saturated rings. The van der Waals surface area contributed by atoms with Crippen LogP contribution in [0.1, 0.15) is 27.5 Å². The van der Waals surface area contributed by atoms with Crippen molar-refractivity contribution in [3.63, 3.8) is 0 Å². The minimum Gasteiger partial charge on any atom is -0.465 e. The predicted molar refractivity (Wildman–Crippen MR) is 128 cm³/mol. The molecule has 0 bridgehead atoms. The van der Waals surface area contributed by atoms with Gasteiger partial charge in [0.05, 0.1) is 30.9 Å². The number of carbonyl (C=O) groups excluding carboxylic acids is 2. The first kappa shape index (κ1) is 22.1. The average Bonchev–Trinajstić information content (AvgIpc) is 2.83. The minimum atomic E-state index is -0.353. The molecule has 1 heterocycles. The molecular weight excluding hydrogens is 420 g/mol. The fourth-order valence-electron chi connectivity index (χ4n) is 3.96. The Morgan fingerprint density at radius 1 is 1.00 bits per heavy atom. The van der Waals surface area contributed by atoms with Crippen LogP contribution in [0, 0.1) is 0 Å². The van der Waals surface area contributed by atoms with Gasteiger partial charge < -0.3 is 9.64 Å². The van der Waals surface area contributed by atoms with Crippen LogP contribution in [0.15, 0.2) is 83.8 Å². The molecule has 0 aliphatic carbocycles. The van der Waals surface area contributed by atoms with Crippen molar-refractivity contribution in [1.82, 2.24) is 4.90 Å². The van der Waals surface area contributed by atoms with Crippen molar-refractivity contribution in [1.29, 1.82) is 0 Å². The quantitative estimate of drug-likeness (QED) is 0.510. The van der Waals surface area contributed by atoms with Crippen molar-refractivity contribution in [2.75, 3.05) is 31.4 Å². The van der Waals surface area contributed by atoms with Gasteiger partial charge in [-0.1, -0.05) is 54.6 Å². The van der Waals surface area contributed by atoms with Gasteiger partial charge in [-0.3, -0.25) is 9.69 Å². The molecule has 1 amide bonds. The fraction of sp³-hybridized carbons (Fsp3) is 0.231. The highest BCUT2D eigenvalue weighted by molar-refractivity contribution is 7.99. The van der Waals surface area contributed by atoms with Gasteiger partial charge in [0.25, 0.3) is 0 Å². The molecule has 3 aromatic rings. The van der Waals surface area contributed by atoms with Crippen molar-refractivity contribution < 1.29 is 14.3 Å². The third kappa shape index (κ3) is 4.87. The van der Waals surface area contributed by atoms with E-state index in [1.807, 2.05) is 65.4 Å². The first-order valence-corrected chi connectivity index (χ1v) is 11.5. The van der Waals surface area contributed by atoms with Crippen LogP contribution in [-0.4, -0.2) is 43.2 Å². The number of thioether (sulfide) groups is 1. The Labute approximate surface area is 193 Å². The second-order valence-corrected chi connectivity index (χ2v) is 8.89. The van der Waals surface area contributed by atoms with Gasteiger partial charge in [-0.25, -0.2) is 4.79 Å². The molecule has 6 heteroatoms. The lowest BCUT2D eigenvalue weighted by Crippen LogP contribution is -2.43. The number of hydrogen-bond donors (Lipinski definition) is 0. The number of esters is 1. The summed E-state index contributed by atoms with van der Waals surface area (Å²) in [6.07, 6.45) is 0. The summed E-state index contributed by atoms with van der Waals surface area (Å²) in [6, 6.07) is 25.6. The minimum absolute atomic E-state index is 0.00339. The summed E-state index contributed by atoms with van der Waals surface area (Å²) in [5.41, 5.74) is 3.66. The van der Waals surface area contributed by atoms with Gasteiger partial charge in [0.1, 0.15) is 0 Å². The van der Waals surface area contributed by atoms with Crippen LogP contribution in [0.3, 0.4) is 0 Å². The first-order valence-electron chi connectivity index (χ1n) is 10.5. The normalized spacial score (nSPS) is 15.3. The lowest BCUT2D eigenvalue weighted by Gasteiger charge is -2.38. The maximum Gasteiger partial charge on any atom is 0.337 e. The zero-order valence-corrected chi connectivity index (χ0v) is 19.0. The number of rotatable bonds is 6. The molecule has 164 valence electrons. The predicted octanol–water partition coefficient (Wildman–Crippen LogP) is 4.79. The van der Waals surface area contributed by atoms with Gasteiger partial charge in [-0.15, -0.1) is 11.8 Å². The van der Waals surface area contributed by atoms with Gasteiger partial charge in [0.15, 0.2) is 0 Å². The number of amides is 1. The van der Waals surface area contributed by atoms with E-state index in [4.69, 9.17) is 4.74 Å². The summed E-state index contributed by atoms with van der Waals surface area (Å²) < 4.78 is 4.75. The van der Waals surface area contributed by atoms with E-state index in [9.17, 15) is 9.59 Å². The molecular formula is C26H26N2O3S. The van der Waals surface area contributed by atoms with Crippen LogP contribution in [0.2, 0.25) is 0 Å². The van der Waals surface area contributed by atoms with E-state index < -0.39 is 0 Å². The molecule has 5 nitrogen and oxygen atoms in total. The number of hydrogen-bond acceptors (Lipinski definition) is 5. The van der Waals surface area contributed by atoms with Gasteiger partial charge in [-0.05, 0) is 42.4 Å². The summed E-state index contributed by atoms with van der Waals surface area (Å²) in [7, 11) is 3.31. The number of nitrogens with zero attached hydrogens (tertiary/aromatic N) is 2. The number of ether oxygens (including phenoxy) is 1. The first-order chi connectivity index (χ1) is 15.6. The van der Waals surface area contributed by atoms with Gasteiger partial charge in [0, 0.05) is 17.2 Å². The van der Waals surface area contributed by atoms with E-state index in [1.54, 1.807) is 23.9 Å². The second kappa shape index (κ2) is 10.0. The van der Waals surface area contributed by atoms with Gasteiger partial charge in [0.2, 0.25) is 5.91 Å². The van der Waals surface area contributed by atoms with E-state index in [0.717, 1.165) is 27.5 Å². The highest BCUT2D eigenvalue weighted by Crippen LogP contribution is 2.43. The molecule has 32 heavy (non-hydrogen) atoms. The highest BCUT2D eigenvalue weighted by Gasteiger charge is 2.32. The summed E-state index contributed by atoms with van der Waals surface area (Å²) >= 11 is 1.79. The number of methoxy groups -OCH3 is 1. The topological polar surface area (TPSA) is 49.9 Å². The Morgan fingerprint density at radius 2 is 1.69 bits per heavy atom. The zero-order chi connectivity index (χ0) is 22.5. The van der Waals surface area contributed by atoms with Crippen LogP contribution in [0.4, 0.5) is 5.69 Å². The molecule has 3 aromatic carbocycles. The van der Waals surface area contributed by atoms with Crippen molar-refractivity contribution in [3.8, 4) is 0 Å². The molecule has 0 spiro atoms. The third-order valence-corrected chi connectivity index (χ3v) is 6.66. The molecule has 0 aromatic heterocycles. The number of likely N-dealkylation sites (N-methyl/N-ethyl adjacent to an activating group) is 1. The fourth-order valence-corrected chi connectivity index (χ4v) is 5.12. The molecule has 4 rings (SSSR count). The van der Waals surface area contributed by atoms with Crippen molar-refractivity contribution >= 4 is 29.3 Å². The largest absolute Gasteiger partial charge is 0.465 e. The third-order valence-electron chi connectivity index (χ3n) is 5.52. The number of anilines is 1. The number of benzene rings is 3. The number of para-hydroxylation sites is 1. The van der Waals surface area contributed by atoms with E-state index in [1.165, 1.54) is 7.11 Å². The second-order valence-electron chi connectivity index (χ2n) is 7.83. The van der Waals surface area contributed by atoms with Crippen LogP contribution >= 0.6 is 11.8 Å². The SMILES string of the molecule is COC(=O)c1ccc(CN(C)CC(=O)N2c3ccccc3SC[C@H]2c2ccccc2)cc1. The van der Waals surface area contributed by atoms with Crippen LogP contribution in [0.5, 0.6) is 0 Å². The van der Waals surface area contributed by atoms with E-state index in [2.05, 4.69) is 18.2 Å². The monoisotopic (exact) mass is 446 g/mol. The Hall–Kier alpha value is -3.09. The standard InChI is InChI=1S/C26H26N2O3S/c1-27(16-19-12-14-21(15-13-19)26(30)31-2)17-25(29)28-22-10-6-7-11-24(22)32-18-23(28)20-8-4-3-5-9-20/h3-15,23H,16-18H2,1-2H3/t23-/m0/s1. The average molecular weight is 447 g/mol. The van der Waals surface area contributed by atoms with Crippen molar-refractivity contribution in [2.45, 2.75) is 17.5 Å². The van der Waals surface area contributed by atoms with Crippen LogP contribution in [0.25, 0.3) is 0 Å². The molecule has 0 saturated carbocycles. The van der Waals surface area contributed by atoms with Crippen LogP contribution < -0.4 is 4.90 Å². The van der Waals surface area contributed by atoms with Gasteiger partial charge in [-0.2, -0.15) is 0 Å². The summed E-state index contributed by atoms with van der Waals surface area (Å²) in [6.45, 7) is 0.897. The highest BCUT2D eigenvalue weighted by atomic mass is 32.2. The Kier molecular flexibility index (Phi) is 6.93. The molecule has 1 atom stereocenters. The van der Waals surface area contributed by atoms with Crippen molar-refractivity contribution in [3.05, 3.63) is 95.6 Å². The zero-order valence-electron chi connectivity index (χ0n) is 18.2. The van der Waals surface area contributed by atoms with E-state index in [-0.39, 0.29) is 17.9 Å². The number of carbonyl (C=O) groups is 2. The van der Waals surface area contributed by atoms with Crippen molar-refractivity contribution in [2.24, 2.45) is 0 Å². The maximum absolute atomic E-state index is 13.5. The molecule has 1 aliphatic rings. The van der Waals surface area contributed by atoms with E-state index >= 15 is 0 Å². The Morgan fingerprint density at radius 3 is 2.41 bits per heavy atom. The van der Waals surface area contributed by atoms with Gasteiger partial charge >= 0.3 is 5.97 Å². The van der Waals surface area contributed by atoms with Crippen LogP contribution in [-0.2, 0) is 16.1 Å². The lowest BCUT2D eigenvalue weighted by molar-refractivity contribution is -0.120.